The maximum Gasteiger partial charge on any atom is 0.216 e. The Hall–Kier alpha value is -6.52. The maximum absolute atomic E-state index is 6.24. The third-order valence-electron chi connectivity index (χ3n) is 11.3. The van der Waals surface area contributed by atoms with Gasteiger partial charge in [-0.25, -0.2) is 4.98 Å². The molecule has 6 aromatic carbocycles. The van der Waals surface area contributed by atoms with E-state index < -0.39 is 0 Å². The van der Waals surface area contributed by atoms with E-state index in [1.807, 2.05) is 43.6 Å². The van der Waals surface area contributed by atoms with Crippen molar-refractivity contribution in [3.63, 3.8) is 0 Å². The van der Waals surface area contributed by atoms with Gasteiger partial charge in [0.05, 0.1) is 5.58 Å². The molecule has 0 aliphatic heterocycles. The predicted molar refractivity (Wildman–Crippen MR) is 244 cm³/mol. The fourth-order valence-corrected chi connectivity index (χ4v) is 7.78. The first-order valence-corrected chi connectivity index (χ1v) is 20.0. The minimum atomic E-state index is 0. The first-order chi connectivity index (χ1) is 28.7. The van der Waals surface area contributed by atoms with Crippen LogP contribution in [0.1, 0.15) is 33.5 Å². The van der Waals surface area contributed by atoms with E-state index in [4.69, 9.17) is 9.40 Å². The largest absolute Gasteiger partial charge is 0.486 e. The number of nitrogens with zero attached hydrogens (tertiary/aromatic N) is 3. The Bertz CT molecular complexity index is 3170. The number of pyridine rings is 3. The van der Waals surface area contributed by atoms with E-state index in [-0.39, 0.29) is 20.1 Å². The quantitative estimate of drug-likeness (QED) is 0.161. The fourth-order valence-electron chi connectivity index (χ4n) is 7.78. The van der Waals surface area contributed by atoms with Gasteiger partial charge in [0.15, 0.2) is 0 Å². The summed E-state index contributed by atoms with van der Waals surface area (Å²) >= 11 is 0. The van der Waals surface area contributed by atoms with Crippen molar-refractivity contribution in [3.05, 3.63) is 198 Å². The molecular weight excluding hydrogens is 911 g/mol. The molecule has 10 rings (SSSR count). The minimum absolute atomic E-state index is 0. The zero-order valence-corrected chi connectivity index (χ0v) is 36.9. The number of rotatable bonds is 5. The van der Waals surface area contributed by atoms with E-state index in [1.54, 1.807) is 0 Å². The smallest absolute Gasteiger partial charge is 0.216 e. The molecule has 0 N–H and O–H groups in total. The number of furan rings is 1. The van der Waals surface area contributed by atoms with Crippen LogP contribution in [0.2, 0.25) is 0 Å². The van der Waals surface area contributed by atoms with Crippen LogP contribution in [-0.4, -0.2) is 15.0 Å². The Morgan fingerprint density at radius 1 is 0.483 bits per heavy atom. The summed E-state index contributed by atoms with van der Waals surface area (Å²) in [5.41, 5.74) is 19.4. The van der Waals surface area contributed by atoms with Gasteiger partial charge in [0.2, 0.25) is 5.71 Å². The van der Waals surface area contributed by atoms with Gasteiger partial charge in [-0.3, -0.25) is 0 Å². The van der Waals surface area contributed by atoms with E-state index in [9.17, 15) is 0 Å². The van der Waals surface area contributed by atoms with Crippen molar-refractivity contribution in [2.45, 2.75) is 41.5 Å². The zero-order valence-electron chi connectivity index (χ0n) is 34.5. The van der Waals surface area contributed by atoms with Crippen molar-refractivity contribution in [2.75, 3.05) is 0 Å². The number of aromatic nitrogens is 3. The van der Waals surface area contributed by atoms with Crippen LogP contribution in [0, 0.1) is 53.7 Å². The Labute approximate surface area is 365 Å². The third kappa shape index (κ3) is 7.95. The van der Waals surface area contributed by atoms with Gasteiger partial charge >= 0.3 is 0 Å². The average Bonchev–Trinajstić information content (AvgIpc) is 3.63. The topological polar surface area (TPSA) is 51.8 Å². The molecule has 0 aliphatic rings. The molecule has 0 amide bonds. The summed E-state index contributed by atoms with van der Waals surface area (Å²) in [5.74, 6) is 0. The molecule has 0 saturated heterocycles. The van der Waals surface area contributed by atoms with Gasteiger partial charge in [0.1, 0.15) is 0 Å². The van der Waals surface area contributed by atoms with Crippen LogP contribution in [0.25, 0.3) is 88.7 Å². The van der Waals surface area contributed by atoms with Gasteiger partial charge < -0.3 is 14.4 Å². The molecule has 60 heavy (non-hydrogen) atoms. The second-order valence-electron chi connectivity index (χ2n) is 15.4. The Morgan fingerprint density at radius 3 is 1.97 bits per heavy atom. The molecule has 5 heteroatoms. The van der Waals surface area contributed by atoms with Gasteiger partial charge in [-0.2, -0.15) is 0 Å². The molecule has 295 valence electrons. The predicted octanol–water partition coefficient (Wildman–Crippen LogP) is 14.4. The number of aryl methyl sites for hydroxylation is 6. The van der Waals surface area contributed by atoms with E-state index in [0.717, 1.165) is 55.7 Å². The van der Waals surface area contributed by atoms with Crippen LogP contribution in [0.4, 0.5) is 0 Å². The molecule has 1 radical (unpaired) electrons. The van der Waals surface area contributed by atoms with Crippen LogP contribution in [-0.2, 0) is 20.1 Å². The molecule has 0 spiro atoms. The van der Waals surface area contributed by atoms with Gasteiger partial charge in [0, 0.05) is 43.6 Å². The zero-order chi connectivity index (χ0) is 40.6. The standard InChI is InChI=1S/C35H25N2O.C20H18N.Ir/c1-21-16-27-17-25(24-8-5-4-6-9-24)13-14-26(27)18-31(21)32-19-33(36-20-22(32)2)30-11-7-10-28-29-15-12-23(3)37-35(29)38-34(28)30;1-14-9-10-18(20-11-15(2)16(3)13-21-20)12-19(14)17-7-5-4-6-8-17;/h4-10,12-20H,1-3H3;4-9,11-13H,1-3H3;/q2*-1;. The normalized spacial score (nSPS) is 11.0. The van der Waals surface area contributed by atoms with E-state index in [2.05, 4.69) is 172 Å². The molecule has 0 unspecified atom stereocenters. The first kappa shape index (κ1) is 40.3. The van der Waals surface area contributed by atoms with Crippen molar-refractivity contribution < 1.29 is 24.5 Å². The molecule has 0 bridgehead atoms. The molecule has 10 aromatic rings. The SMILES string of the molecule is Cc1ccc2c(n1)oc1c(-c3cc(-c4cc5ccc(-c6ccccc6)cc5cc4C)c(C)cn3)[c-]ccc12.Cc1cnc(-c2[c-]cc(C)c(-c3ccccc3)c2)cc1C.[Ir]. The summed E-state index contributed by atoms with van der Waals surface area (Å²) < 4.78 is 6.24. The van der Waals surface area contributed by atoms with Crippen molar-refractivity contribution in [1.29, 1.82) is 0 Å². The number of benzene rings is 6. The van der Waals surface area contributed by atoms with E-state index in [1.165, 1.54) is 60.8 Å². The summed E-state index contributed by atoms with van der Waals surface area (Å²) in [6, 6.07) is 55.6. The summed E-state index contributed by atoms with van der Waals surface area (Å²) in [5, 5.41) is 4.49. The second-order valence-corrected chi connectivity index (χ2v) is 15.4. The van der Waals surface area contributed by atoms with Crippen LogP contribution in [0.5, 0.6) is 0 Å². The van der Waals surface area contributed by atoms with Gasteiger partial charge in [-0.05, 0) is 126 Å². The Balaban J connectivity index is 0.000000193. The molecule has 0 saturated carbocycles. The summed E-state index contributed by atoms with van der Waals surface area (Å²) in [7, 11) is 0. The maximum atomic E-state index is 6.24. The fraction of sp³-hybridized carbons (Fsp3) is 0.109. The van der Waals surface area contributed by atoms with Crippen molar-refractivity contribution >= 4 is 32.8 Å². The second kappa shape index (κ2) is 17.0. The molecule has 4 heterocycles. The number of hydrogen-bond donors (Lipinski definition) is 0. The van der Waals surface area contributed by atoms with Crippen molar-refractivity contribution in [1.82, 2.24) is 15.0 Å². The molecule has 0 fully saturated rings. The molecule has 0 aliphatic carbocycles. The monoisotopic (exact) mass is 954 g/mol. The van der Waals surface area contributed by atoms with E-state index >= 15 is 0 Å². The Kier molecular flexibility index (Phi) is 11.4. The molecule has 4 aromatic heterocycles. The van der Waals surface area contributed by atoms with Crippen molar-refractivity contribution in [3.8, 4) is 55.9 Å². The summed E-state index contributed by atoms with van der Waals surface area (Å²) in [4.78, 5) is 13.9. The first-order valence-electron chi connectivity index (χ1n) is 20.0. The van der Waals surface area contributed by atoms with Gasteiger partial charge in [-0.1, -0.05) is 120 Å². The molecular formula is C55H43IrN3O-2. The number of fused-ring (bicyclic) bond motifs is 4. The third-order valence-corrected chi connectivity index (χ3v) is 11.3. The molecule has 0 atom stereocenters. The van der Waals surface area contributed by atoms with Gasteiger partial charge in [-0.15, -0.1) is 47.5 Å². The van der Waals surface area contributed by atoms with Crippen LogP contribution >= 0.6 is 0 Å². The van der Waals surface area contributed by atoms with Crippen molar-refractivity contribution in [2.24, 2.45) is 0 Å². The minimum Gasteiger partial charge on any atom is -0.486 e. The van der Waals surface area contributed by atoms with Crippen LogP contribution in [0.3, 0.4) is 0 Å². The van der Waals surface area contributed by atoms with E-state index in [0.29, 0.717) is 5.71 Å². The number of hydrogen-bond acceptors (Lipinski definition) is 4. The molecule has 4 nitrogen and oxygen atoms in total. The van der Waals surface area contributed by atoms with Crippen LogP contribution in [0.15, 0.2) is 156 Å². The summed E-state index contributed by atoms with van der Waals surface area (Å²) in [6.07, 6.45) is 3.88. The van der Waals surface area contributed by atoms with Gasteiger partial charge in [0.25, 0.3) is 0 Å². The summed E-state index contributed by atoms with van der Waals surface area (Å²) in [6.45, 7) is 12.6. The van der Waals surface area contributed by atoms with Crippen LogP contribution < -0.4 is 0 Å². The Morgan fingerprint density at radius 2 is 1.20 bits per heavy atom. The average molecular weight is 954 g/mol.